The van der Waals surface area contributed by atoms with Crippen LogP contribution in [0.1, 0.15) is 45.9 Å². The van der Waals surface area contributed by atoms with Crippen molar-refractivity contribution in [1.82, 2.24) is 25.5 Å². The molecular weight excluding hydrogens is 439 g/mol. The zero-order valence-corrected chi connectivity index (χ0v) is 18.6. The van der Waals surface area contributed by atoms with Crippen molar-refractivity contribution in [2.24, 2.45) is 0 Å². The van der Waals surface area contributed by atoms with Crippen molar-refractivity contribution in [2.45, 2.75) is 25.7 Å². The lowest BCUT2D eigenvalue weighted by molar-refractivity contribution is 0.0948. The zero-order valence-electron chi connectivity index (χ0n) is 17.8. The Bertz CT molecular complexity index is 1250. The number of benzene rings is 2. The molecule has 166 valence electrons. The maximum atomic E-state index is 12.4. The van der Waals surface area contributed by atoms with E-state index in [2.05, 4.69) is 30.8 Å². The number of nitrogens with zero attached hydrogens (tertiary/aromatic N) is 2. The van der Waals surface area contributed by atoms with Crippen molar-refractivity contribution >= 4 is 53.6 Å². The largest absolute Gasteiger partial charge is 0.351 e. The number of anilines is 1. The van der Waals surface area contributed by atoms with Gasteiger partial charge in [0, 0.05) is 13.0 Å². The van der Waals surface area contributed by atoms with Crippen molar-refractivity contribution in [3.63, 3.8) is 0 Å². The molecule has 0 bridgehead atoms. The molecule has 0 atom stereocenters. The summed E-state index contributed by atoms with van der Waals surface area (Å²) in [6, 6.07) is 14.6. The van der Waals surface area contributed by atoms with Gasteiger partial charge in [0.1, 0.15) is 25.2 Å². The van der Waals surface area contributed by atoms with E-state index in [4.69, 9.17) is 19.4 Å². The second-order valence-corrected chi connectivity index (χ2v) is 7.97. The Balaban J connectivity index is 1.21. The molecule has 8 nitrogen and oxygen atoms in total. The minimum Gasteiger partial charge on any atom is -0.351 e. The van der Waals surface area contributed by atoms with Crippen LogP contribution in [0.5, 0.6) is 0 Å². The van der Waals surface area contributed by atoms with E-state index in [1.165, 1.54) is 0 Å². The van der Waals surface area contributed by atoms with Gasteiger partial charge in [-0.2, -0.15) is 5.10 Å². The van der Waals surface area contributed by atoms with Crippen molar-refractivity contribution < 1.29 is 9.59 Å². The van der Waals surface area contributed by atoms with Crippen LogP contribution >= 0.6 is 11.6 Å². The first-order valence-corrected chi connectivity index (χ1v) is 11.0. The first-order chi connectivity index (χ1) is 16.0. The number of carbonyl (C=O) groups excluding carboxylic acids is 2. The Morgan fingerprint density at radius 2 is 1.79 bits per heavy atom. The molecule has 2 aromatic carbocycles. The minimum atomic E-state index is -0.463. The number of imidazole rings is 1. The molecule has 0 aliphatic carbocycles. The summed E-state index contributed by atoms with van der Waals surface area (Å²) in [7, 11) is 6.00. The topological polar surface area (TPSA) is 116 Å². The number of halogens is 1. The lowest BCUT2D eigenvalue weighted by Crippen LogP contribution is -2.30. The van der Waals surface area contributed by atoms with Crippen LogP contribution in [0.15, 0.2) is 48.5 Å². The van der Waals surface area contributed by atoms with E-state index in [-0.39, 0.29) is 28.4 Å². The molecule has 10 heteroatoms. The summed E-state index contributed by atoms with van der Waals surface area (Å²) in [5.41, 5.74) is 2.47. The van der Waals surface area contributed by atoms with Gasteiger partial charge in [0.25, 0.3) is 11.8 Å². The number of nitrogens with one attached hydrogen (secondary N) is 4. The number of carbonyl (C=O) groups is 2. The van der Waals surface area contributed by atoms with Gasteiger partial charge in [-0.05, 0) is 42.6 Å². The van der Waals surface area contributed by atoms with Crippen LogP contribution in [-0.2, 0) is 6.42 Å². The Labute approximate surface area is 196 Å². The molecule has 0 saturated heterocycles. The second kappa shape index (κ2) is 10.4. The fraction of sp³-hybridized carbons (Fsp3) is 0.217. The molecule has 33 heavy (non-hydrogen) atoms. The van der Waals surface area contributed by atoms with Crippen molar-refractivity contribution in [3.05, 3.63) is 70.6 Å². The monoisotopic (exact) mass is 460 g/mol. The third kappa shape index (κ3) is 5.43. The fourth-order valence-corrected chi connectivity index (χ4v) is 3.67. The Kier molecular flexibility index (Phi) is 7.09. The predicted molar refractivity (Wildman–Crippen MR) is 129 cm³/mol. The molecule has 0 aliphatic rings. The molecule has 2 radical (unpaired) electrons. The fourth-order valence-electron chi connectivity index (χ4n) is 3.45. The van der Waals surface area contributed by atoms with Crippen LogP contribution < -0.4 is 16.1 Å². The van der Waals surface area contributed by atoms with Gasteiger partial charge >= 0.3 is 0 Å². The number of unbranched alkanes of at least 4 members (excludes halogenated alkanes) is 2. The number of aromatic amines is 2. The summed E-state index contributed by atoms with van der Waals surface area (Å²) >= 11 is 6.04. The normalized spacial score (nSPS) is 10.9. The van der Waals surface area contributed by atoms with Crippen molar-refractivity contribution in [1.29, 1.82) is 0 Å². The van der Waals surface area contributed by atoms with E-state index in [0.717, 1.165) is 42.5 Å². The van der Waals surface area contributed by atoms with E-state index in [1.807, 2.05) is 24.3 Å². The maximum Gasteiger partial charge on any atom is 0.268 e. The molecule has 0 unspecified atom stereocenters. The smallest absolute Gasteiger partial charge is 0.268 e. The zero-order chi connectivity index (χ0) is 23.2. The molecule has 0 spiro atoms. The molecule has 2 aromatic heterocycles. The number of fused-ring (bicyclic) bond motifs is 1. The summed E-state index contributed by atoms with van der Waals surface area (Å²) in [4.78, 5) is 32.7. The van der Waals surface area contributed by atoms with Crippen LogP contribution in [0.3, 0.4) is 0 Å². The molecule has 0 aliphatic heterocycles. The van der Waals surface area contributed by atoms with Crippen LogP contribution in [0, 0.1) is 0 Å². The van der Waals surface area contributed by atoms with E-state index in [0.29, 0.717) is 11.6 Å². The number of hydrogen-bond donors (Lipinski definition) is 4. The molecule has 0 saturated carbocycles. The van der Waals surface area contributed by atoms with Gasteiger partial charge in [0.05, 0.1) is 21.6 Å². The highest BCUT2D eigenvalue weighted by atomic mass is 35.5. The SMILES string of the molecule is [B]c1c(NC(=O)c2ccccc2Cl)n[nH]c1C(=O)NCCCCCc1nc2ccccc2[nH]1. The third-order valence-corrected chi connectivity index (χ3v) is 5.53. The molecule has 0 fully saturated rings. The Morgan fingerprint density at radius 3 is 2.61 bits per heavy atom. The highest BCUT2D eigenvalue weighted by Gasteiger charge is 2.18. The predicted octanol–water partition coefficient (Wildman–Crippen LogP) is 3.13. The molecule has 4 N–H and O–H groups in total. The second-order valence-electron chi connectivity index (χ2n) is 7.56. The average Bonchev–Trinajstić information content (AvgIpc) is 3.39. The average molecular weight is 461 g/mol. The van der Waals surface area contributed by atoms with E-state index in [9.17, 15) is 9.59 Å². The maximum absolute atomic E-state index is 12.4. The molecule has 4 rings (SSSR count). The summed E-state index contributed by atoms with van der Waals surface area (Å²) < 4.78 is 0. The number of rotatable bonds is 9. The standard InChI is InChI=1S/C23H22BClN6O2/c24-19-20(30-31-21(19)29-22(32)14-8-3-4-9-15(14)25)23(33)26-13-7-1-2-12-18-27-16-10-5-6-11-17(16)28-18/h3-6,8-11H,1-2,7,12-13H2,(H,26,33)(H,27,28)(H2,29,30,31,32). The van der Waals surface area contributed by atoms with Gasteiger partial charge in [0.2, 0.25) is 0 Å². The number of hydrogen-bond acceptors (Lipinski definition) is 4. The lowest BCUT2D eigenvalue weighted by Gasteiger charge is -2.06. The summed E-state index contributed by atoms with van der Waals surface area (Å²) in [6.07, 6.45) is 3.57. The van der Waals surface area contributed by atoms with Gasteiger partial charge in [-0.3, -0.25) is 14.7 Å². The van der Waals surface area contributed by atoms with Gasteiger partial charge in [-0.25, -0.2) is 4.98 Å². The van der Waals surface area contributed by atoms with E-state index < -0.39 is 5.91 Å². The van der Waals surface area contributed by atoms with Gasteiger partial charge in [-0.15, -0.1) is 0 Å². The lowest BCUT2D eigenvalue weighted by atomic mass is 9.95. The van der Waals surface area contributed by atoms with Gasteiger partial charge in [0.15, 0.2) is 0 Å². The van der Waals surface area contributed by atoms with Crippen molar-refractivity contribution in [3.8, 4) is 0 Å². The molecule has 4 aromatic rings. The quantitative estimate of drug-likeness (QED) is 0.227. The van der Waals surface area contributed by atoms with Crippen molar-refractivity contribution in [2.75, 3.05) is 11.9 Å². The number of H-pyrrole nitrogens is 2. The van der Waals surface area contributed by atoms with E-state index in [1.54, 1.807) is 24.3 Å². The van der Waals surface area contributed by atoms with Gasteiger partial charge in [-0.1, -0.05) is 42.3 Å². The number of aryl methyl sites for hydroxylation is 1. The first kappa shape index (κ1) is 22.6. The molecule has 2 heterocycles. The van der Waals surface area contributed by atoms with E-state index >= 15 is 0 Å². The number of aromatic nitrogens is 4. The Morgan fingerprint density at radius 1 is 1.00 bits per heavy atom. The Hall–Kier alpha value is -3.59. The highest BCUT2D eigenvalue weighted by molar-refractivity contribution is 6.40. The highest BCUT2D eigenvalue weighted by Crippen LogP contribution is 2.16. The summed E-state index contributed by atoms with van der Waals surface area (Å²) in [6.45, 7) is 0.499. The van der Waals surface area contributed by atoms with Crippen LogP contribution in [0.2, 0.25) is 5.02 Å². The molecular formula is C23H22BClN6O2. The number of amides is 2. The van der Waals surface area contributed by atoms with Crippen LogP contribution in [-0.4, -0.2) is 46.4 Å². The number of para-hydroxylation sites is 2. The van der Waals surface area contributed by atoms with Crippen LogP contribution in [0.25, 0.3) is 11.0 Å². The van der Waals surface area contributed by atoms with Crippen LogP contribution in [0.4, 0.5) is 5.82 Å². The summed E-state index contributed by atoms with van der Waals surface area (Å²) in [5.74, 6) is 0.207. The molecule has 2 amide bonds. The first-order valence-electron chi connectivity index (χ1n) is 10.6. The minimum absolute atomic E-state index is 0.0674. The van der Waals surface area contributed by atoms with Gasteiger partial charge < -0.3 is 15.6 Å². The summed E-state index contributed by atoms with van der Waals surface area (Å²) in [5, 5.41) is 12.2. The third-order valence-electron chi connectivity index (χ3n) is 5.20.